The summed E-state index contributed by atoms with van der Waals surface area (Å²) in [5.41, 5.74) is -0.200. The van der Waals surface area contributed by atoms with E-state index in [1.165, 1.54) is 4.68 Å². The molecule has 0 aliphatic carbocycles. The first kappa shape index (κ1) is 19.6. The van der Waals surface area contributed by atoms with Gasteiger partial charge < -0.3 is 10.1 Å². The Hall–Kier alpha value is -2.70. The molecule has 2 aromatic rings. The number of rotatable bonds is 8. The molecule has 1 aromatic heterocycles. The highest BCUT2D eigenvalue weighted by Gasteiger charge is 2.19. The predicted molar refractivity (Wildman–Crippen MR) is 99.1 cm³/mol. The quantitative estimate of drug-likeness (QED) is 0.730. The van der Waals surface area contributed by atoms with Gasteiger partial charge in [0, 0.05) is 18.0 Å². The van der Waals surface area contributed by atoms with Crippen molar-refractivity contribution in [3.05, 3.63) is 40.3 Å². The predicted octanol–water partition coefficient (Wildman–Crippen LogP) is 2.27. The summed E-state index contributed by atoms with van der Waals surface area (Å²) in [6, 6.07) is 6.83. The van der Waals surface area contributed by atoms with E-state index >= 15 is 0 Å². The smallest absolute Gasteiger partial charge is 0.359 e. The van der Waals surface area contributed by atoms with E-state index in [4.69, 9.17) is 4.74 Å². The molecule has 26 heavy (non-hydrogen) atoms. The second kappa shape index (κ2) is 9.12. The number of aromatic nitrogens is 2. The van der Waals surface area contributed by atoms with Gasteiger partial charge in [-0.3, -0.25) is 9.59 Å². The van der Waals surface area contributed by atoms with Crippen molar-refractivity contribution >= 4 is 22.6 Å². The third kappa shape index (κ3) is 4.47. The Labute approximate surface area is 152 Å². The number of nitrogens with one attached hydrogen (secondary N) is 1. The van der Waals surface area contributed by atoms with E-state index in [0.29, 0.717) is 23.7 Å². The number of nitrogens with zero attached hydrogens (tertiary/aromatic N) is 2. The molecule has 1 aromatic carbocycles. The van der Waals surface area contributed by atoms with Crippen LogP contribution >= 0.6 is 0 Å². The van der Waals surface area contributed by atoms with E-state index in [9.17, 15) is 14.4 Å². The van der Waals surface area contributed by atoms with Gasteiger partial charge in [0.1, 0.15) is 0 Å². The van der Waals surface area contributed by atoms with E-state index in [1.807, 2.05) is 20.8 Å². The minimum atomic E-state index is -0.717. The number of fused-ring (bicyclic) bond motifs is 1. The zero-order chi connectivity index (χ0) is 19.1. The van der Waals surface area contributed by atoms with E-state index < -0.39 is 5.97 Å². The average Bonchev–Trinajstić information content (AvgIpc) is 2.66. The van der Waals surface area contributed by atoms with E-state index in [0.717, 1.165) is 12.8 Å². The highest BCUT2D eigenvalue weighted by molar-refractivity contribution is 6.02. The van der Waals surface area contributed by atoms with Crippen molar-refractivity contribution < 1.29 is 14.3 Å². The fourth-order valence-electron chi connectivity index (χ4n) is 2.71. The van der Waals surface area contributed by atoms with Gasteiger partial charge in [-0.15, -0.1) is 0 Å². The van der Waals surface area contributed by atoms with Crippen LogP contribution in [0.15, 0.2) is 29.1 Å². The first-order valence-electron chi connectivity index (χ1n) is 8.98. The van der Waals surface area contributed by atoms with Crippen LogP contribution in [0.3, 0.4) is 0 Å². The second-order valence-electron chi connectivity index (χ2n) is 6.08. The number of amides is 1. The average molecular weight is 359 g/mol. The zero-order valence-corrected chi connectivity index (χ0v) is 15.4. The Morgan fingerprint density at radius 3 is 2.42 bits per heavy atom. The van der Waals surface area contributed by atoms with Gasteiger partial charge in [0.05, 0.1) is 5.39 Å². The minimum Gasteiger partial charge on any atom is -0.451 e. The summed E-state index contributed by atoms with van der Waals surface area (Å²) in [6.45, 7) is 5.90. The van der Waals surface area contributed by atoms with Crippen LogP contribution < -0.4 is 10.9 Å². The first-order valence-corrected chi connectivity index (χ1v) is 8.98. The van der Waals surface area contributed by atoms with Crippen LogP contribution in [0.25, 0.3) is 10.8 Å². The number of hydrogen-bond donors (Lipinski definition) is 1. The highest BCUT2D eigenvalue weighted by Crippen LogP contribution is 2.14. The molecule has 1 amide bonds. The molecule has 7 heteroatoms. The number of aryl methyl sites for hydroxylation is 1. The van der Waals surface area contributed by atoms with Crippen LogP contribution in [0.2, 0.25) is 0 Å². The maximum absolute atomic E-state index is 12.5. The van der Waals surface area contributed by atoms with Crippen molar-refractivity contribution in [2.45, 2.75) is 52.6 Å². The van der Waals surface area contributed by atoms with E-state index in [1.54, 1.807) is 24.3 Å². The molecule has 2 rings (SSSR count). The summed E-state index contributed by atoms with van der Waals surface area (Å²) in [7, 11) is 0. The van der Waals surface area contributed by atoms with Crippen LogP contribution in [-0.4, -0.2) is 34.3 Å². The lowest BCUT2D eigenvalue weighted by Gasteiger charge is -2.15. The molecule has 1 heterocycles. The van der Waals surface area contributed by atoms with Crippen molar-refractivity contribution in [1.82, 2.24) is 15.1 Å². The monoisotopic (exact) mass is 359 g/mol. The number of ether oxygens (including phenoxy) is 1. The molecule has 0 bridgehead atoms. The number of benzene rings is 1. The molecule has 0 radical (unpaired) electrons. The van der Waals surface area contributed by atoms with Crippen LogP contribution in [-0.2, 0) is 16.1 Å². The zero-order valence-electron chi connectivity index (χ0n) is 15.4. The summed E-state index contributed by atoms with van der Waals surface area (Å²) in [6.07, 6.45) is 2.33. The van der Waals surface area contributed by atoms with Crippen LogP contribution in [0.5, 0.6) is 0 Å². The van der Waals surface area contributed by atoms with Gasteiger partial charge in [0.25, 0.3) is 11.5 Å². The molecule has 0 atom stereocenters. The summed E-state index contributed by atoms with van der Waals surface area (Å²) < 4.78 is 6.40. The van der Waals surface area contributed by atoms with E-state index in [-0.39, 0.29) is 29.8 Å². The molecule has 0 fully saturated rings. The molecule has 0 saturated carbocycles. The molecule has 1 N–H and O–H groups in total. The number of esters is 1. The molecule has 0 saturated heterocycles. The Morgan fingerprint density at radius 1 is 1.15 bits per heavy atom. The summed E-state index contributed by atoms with van der Waals surface area (Å²) >= 11 is 0. The number of hydrogen-bond acceptors (Lipinski definition) is 5. The largest absolute Gasteiger partial charge is 0.451 e. The van der Waals surface area contributed by atoms with Crippen molar-refractivity contribution in [2.24, 2.45) is 0 Å². The Bertz CT molecular complexity index is 840. The molecule has 140 valence electrons. The summed E-state index contributed by atoms with van der Waals surface area (Å²) in [4.78, 5) is 36.8. The molecule has 7 nitrogen and oxygen atoms in total. The van der Waals surface area contributed by atoms with Crippen molar-refractivity contribution in [1.29, 1.82) is 0 Å². The lowest BCUT2D eigenvalue weighted by atomic mass is 10.1. The van der Waals surface area contributed by atoms with Crippen LogP contribution in [0, 0.1) is 0 Å². The topological polar surface area (TPSA) is 90.3 Å². The third-order valence-corrected chi connectivity index (χ3v) is 4.18. The summed E-state index contributed by atoms with van der Waals surface area (Å²) in [5, 5.41) is 7.80. The van der Waals surface area contributed by atoms with Crippen LogP contribution in [0.4, 0.5) is 0 Å². The standard InChI is InChI=1S/C19H25N3O4/c1-4-11-22-18(24)15-10-8-7-9-14(15)17(21-22)19(25)26-12-16(23)20-13(5-2)6-3/h7-10,13H,4-6,11-12H2,1-3H3,(H,20,23). The molecule has 0 aliphatic rings. The Morgan fingerprint density at radius 2 is 1.81 bits per heavy atom. The SMILES string of the molecule is CCCn1nc(C(=O)OCC(=O)NC(CC)CC)c2ccccc2c1=O. The molecule has 0 unspecified atom stereocenters. The van der Waals surface area contributed by atoms with Gasteiger partial charge in [-0.25, -0.2) is 9.48 Å². The number of carbonyl (C=O) groups is 2. The second-order valence-corrected chi connectivity index (χ2v) is 6.08. The third-order valence-electron chi connectivity index (χ3n) is 4.18. The molecule has 0 spiro atoms. The molecular formula is C19H25N3O4. The first-order chi connectivity index (χ1) is 12.5. The molecule has 0 aliphatic heterocycles. The highest BCUT2D eigenvalue weighted by atomic mass is 16.5. The van der Waals surface area contributed by atoms with Crippen molar-refractivity contribution in [3.8, 4) is 0 Å². The Balaban J connectivity index is 2.23. The Kier molecular flexibility index (Phi) is 6.89. The van der Waals surface area contributed by atoms with Gasteiger partial charge >= 0.3 is 5.97 Å². The maximum Gasteiger partial charge on any atom is 0.359 e. The minimum absolute atomic E-state index is 0.0454. The molecular weight excluding hydrogens is 334 g/mol. The van der Waals surface area contributed by atoms with Gasteiger partial charge in [-0.2, -0.15) is 5.10 Å². The van der Waals surface area contributed by atoms with Gasteiger partial charge in [-0.1, -0.05) is 39.0 Å². The fraction of sp³-hybridized carbons (Fsp3) is 0.474. The van der Waals surface area contributed by atoms with Crippen molar-refractivity contribution in [3.63, 3.8) is 0 Å². The maximum atomic E-state index is 12.5. The van der Waals surface area contributed by atoms with Gasteiger partial charge in [-0.05, 0) is 25.3 Å². The number of carbonyl (C=O) groups excluding carboxylic acids is 2. The lowest BCUT2D eigenvalue weighted by Crippen LogP contribution is -2.37. The normalized spacial score (nSPS) is 10.9. The van der Waals surface area contributed by atoms with Crippen molar-refractivity contribution in [2.75, 3.05) is 6.61 Å². The van der Waals surface area contributed by atoms with Gasteiger partial charge in [0.2, 0.25) is 0 Å². The van der Waals surface area contributed by atoms with Gasteiger partial charge in [0.15, 0.2) is 12.3 Å². The summed E-state index contributed by atoms with van der Waals surface area (Å²) in [5.74, 6) is -1.07. The lowest BCUT2D eigenvalue weighted by molar-refractivity contribution is -0.125. The van der Waals surface area contributed by atoms with Crippen LogP contribution in [0.1, 0.15) is 50.5 Å². The fourth-order valence-corrected chi connectivity index (χ4v) is 2.71. The van der Waals surface area contributed by atoms with E-state index in [2.05, 4.69) is 10.4 Å².